The second-order valence-corrected chi connectivity index (χ2v) is 2.61. The van der Waals surface area contributed by atoms with Crippen molar-refractivity contribution in [3.63, 3.8) is 0 Å². The molecule has 4 heteroatoms. The number of rotatable bonds is 4. The van der Waals surface area contributed by atoms with E-state index in [9.17, 15) is 9.90 Å². The molecule has 0 aliphatic carbocycles. The van der Waals surface area contributed by atoms with Gasteiger partial charge in [-0.25, -0.2) is 4.79 Å². The van der Waals surface area contributed by atoms with E-state index in [2.05, 4.69) is 17.2 Å². The highest BCUT2D eigenvalue weighted by Crippen LogP contribution is 1.99. The fourth-order valence-corrected chi connectivity index (χ4v) is 0.532. The van der Waals surface area contributed by atoms with Crippen LogP contribution < -0.4 is 5.32 Å². The molecule has 0 bridgehead atoms. The molecule has 0 rings (SSSR count). The minimum Gasteiger partial charge on any atom is -0.479 e. The van der Waals surface area contributed by atoms with Crippen molar-refractivity contribution in [3.8, 4) is 11.8 Å². The zero-order chi connectivity index (χ0) is 9.61. The van der Waals surface area contributed by atoms with E-state index in [1.807, 2.05) is 0 Å². The summed E-state index contributed by atoms with van der Waals surface area (Å²) in [4.78, 5) is 10.4. The van der Waals surface area contributed by atoms with Crippen LogP contribution in [0.2, 0.25) is 0 Å². The number of carboxylic acids is 1. The van der Waals surface area contributed by atoms with Crippen LogP contribution in [-0.2, 0) is 4.79 Å². The van der Waals surface area contributed by atoms with Crippen LogP contribution in [0.1, 0.15) is 13.8 Å². The van der Waals surface area contributed by atoms with Gasteiger partial charge in [0.1, 0.15) is 0 Å². The number of aliphatic carboxylic acids is 1. The first-order valence-corrected chi connectivity index (χ1v) is 3.57. The second-order valence-electron chi connectivity index (χ2n) is 2.61. The van der Waals surface area contributed by atoms with E-state index in [0.29, 0.717) is 6.54 Å². The van der Waals surface area contributed by atoms with Gasteiger partial charge in [0.05, 0.1) is 6.54 Å². The molecule has 0 radical (unpaired) electrons. The van der Waals surface area contributed by atoms with Crippen molar-refractivity contribution >= 4 is 5.97 Å². The predicted molar refractivity (Wildman–Crippen MR) is 44.6 cm³/mol. The number of carbonyl (C=O) groups is 1. The molecule has 0 amide bonds. The van der Waals surface area contributed by atoms with Gasteiger partial charge in [-0.3, -0.25) is 0 Å². The van der Waals surface area contributed by atoms with Crippen molar-refractivity contribution < 1.29 is 15.0 Å². The van der Waals surface area contributed by atoms with Gasteiger partial charge in [0, 0.05) is 6.54 Å². The number of hydrogen-bond donors (Lipinski definition) is 3. The summed E-state index contributed by atoms with van der Waals surface area (Å²) in [5.74, 6) is 4.10. The molecule has 1 atom stereocenters. The first-order chi connectivity index (χ1) is 5.50. The summed E-state index contributed by atoms with van der Waals surface area (Å²) in [6.45, 7) is 3.32. The Hall–Kier alpha value is -1.05. The van der Waals surface area contributed by atoms with E-state index in [0.717, 1.165) is 0 Å². The lowest BCUT2D eigenvalue weighted by molar-refractivity contribution is -0.155. The van der Waals surface area contributed by atoms with Crippen LogP contribution in [0.5, 0.6) is 0 Å². The zero-order valence-corrected chi connectivity index (χ0v) is 7.22. The van der Waals surface area contributed by atoms with E-state index in [1.165, 1.54) is 6.92 Å². The average Bonchev–Trinajstić information content (AvgIpc) is 1.98. The standard InChI is InChI=1S/C8H13NO3/c1-3-4-5-9-6-8(2,12)7(10)11/h9,12H,5-6H2,1-2H3,(H,10,11). The van der Waals surface area contributed by atoms with Crippen LogP contribution in [0.25, 0.3) is 0 Å². The Morgan fingerprint density at radius 3 is 2.67 bits per heavy atom. The van der Waals surface area contributed by atoms with Crippen LogP contribution >= 0.6 is 0 Å². The summed E-state index contributed by atoms with van der Waals surface area (Å²) in [6.07, 6.45) is 0. The maximum Gasteiger partial charge on any atom is 0.336 e. The van der Waals surface area contributed by atoms with Crippen LogP contribution in [0.4, 0.5) is 0 Å². The Bertz CT molecular complexity index is 212. The Morgan fingerprint density at radius 1 is 1.67 bits per heavy atom. The largest absolute Gasteiger partial charge is 0.479 e. The van der Waals surface area contributed by atoms with Crippen molar-refractivity contribution in [3.05, 3.63) is 0 Å². The second kappa shape index (κ2) is 4.75. The van der Waals surface area contributed by atoms with Gasteiger partial charge in [0.2, 0.25) is 0 Å². The van der Waals surface area contributed by atoms with Crippen LogP contribution in [0.3, 0.4) is 0 Å². The summed E-state index contributed by atoms with van der Waals surface area (Å²) in [5, 5.41) is 20.4. The molecule has 0 aliphatic heterocycles. The quantitative estimate of drug-likeness (QED) is 0.391. The fourth-order valence-electron chi connectivity index (χ4n) is 0.532. The maximum atomic E-state index is 10.4. The van der Waals surface area contributed by atoms with Gasteiger partial charge < -0.3 is 15.5 Å². The molecule has 4 nitrogen and oxygen atoms in total. The van der Waals surface area contributed by atoms with Crippen molar-refractivity contribution in [1.82, 2.24) is 5.32 Å². The highest BCUT2D eigenvalue weighted by Gasteiger charge is 2.28. The summed E-state index contributed by atoms with van der Waals surface area (Å²) in [5.41, 5.74) is -1.71. The topological polar surface area (TPSA) is 69.6 Å². The van der Waals surface area contributed by atoms with Gasteiger partial charge in [-0.1, -0.05) is 5.92 Å². The van der Waals surface area contributed by atoms with Crippen molar-refractivity contribution in [1.29, 1.82) is 0 Å². The average molecular weight is 171 g/mol. The molecule has 0 aromatic carbocycles. The molecule has 0 spiro atoms. The Balaban J connectivity index is 3.74. The molecular weight excluding hydrogens is 158 g/mol. The predicted octanol–water partition coefficient (Wildman–Crippen LogP) is -0.565. The molecule has 68 valence electrons. The third kappa shape index (κ3) is 3.96. The van der Waals surface area contributed by atoms with E-state index in [4.69, 9.17) is 5.11 Å². The van der Waals surface area contributed by atoms with Gasteiger partial charge in [-0.05, 0) is 13.8 Å². The lowest BCUT2D eigenvalue weighted by atomic mass is 10.1. The monoisotopic (exact) mass is 171 g/mol. The first kappa shape index (κ1) is 11.0. The minimum absolute atomic E-state index is 0.00296. The number of nitrogens with one attached hydrogen (secondary N) is 1. The molecular formula is C8H13NO3. The Morgan fingerprint density at radius 2 is 2.25 bits per heavy atom. The SMILES string of the molecule is CC#CCNCC(C)(O)C(=O)O. The van der Waals surface area contributed by atoms with Gasteiger partial charge in [-0.2, -0.15) is 0 Å². The molecule has 0 saturated heterocycles. The van der Waals surface area contributed by atoms with Gasteiger partial charge in [0.25, 0.3) is 0 Å². The lowest BCUT2D eigenvalue weighted by Gasteiger charge is -2.17. The van der Waals surface area contributed by atoms with E-state index in [-0.39, 0.29) is 6.54 Å². The number of hydrogen-bond acceptors (Lipinski definition) is 3. The summed E-state index contributed by atoms with van der Waals surface area (Å²) in [6, 6.07) is 0. The molecule has 1 unspecified atom stereocenters. The maximum absolute atomic E-state index is 10.4. The molecule has 0 aromatic rings. The van der Waals surface area contributed by atoms with Crippen molar-refractivity contribution in [2.45, 2.75) is 19.4 Å². The van der Waals surface area contributed by atoms with E-state index >= 15 is 0 Å². The van der Waals surface area contributed by atoms with Crippen LogP contribution in [0.15, 0.2) is 0 Å². The number of aliphatic hydroxyl groups is 1. The lowest BCUT2D eigenvalue weighted by Crippen LogP contribution is -2.44. The normalized spacial score (nSPS) is 14.2. The van der Waals surface area contributed by atoms with Crippen molar-refractivity contribution in [2.75, 3.05) is 13.1 Å². The minimum atomic E-state index is -1.71. The van der Waals surface area contributed by atoms with Crippen LogP contribution in [-0.4, -0.2) is 34.9 Å². The summed E-state index contributed by atoms with van der Waals surface area (Å²) < 4.78 is 0. The molecule has 12 heavy (non-hydrogen) atoms. The Kier molecular flexibility index (Phi) is 4.34. The Labute approximate surface area is 71.6 Å². The molecule has 0 aromatic heterocycles. The smallest absolute Gasteiger partial charge is 0.336 e. The summed E-state index contributed by atoms with van der Waals surface area (Å²) >= 11 is 0. The third-order valence-corrected chi connectivity index (χ3v) is 1.32. The van der Waals surface area contributed by atoms with Gasteiger partial charge in [-0.15, -0.1) is 5.92 Å². The number of carboxylic acid groups (broad SMARTS) is 1. The highest BCUT2D eigenvalue weighted by atomic mass is 16.4. The van der Waals surface area contributed by atoms with Crippen molar-refractivity contribution in [2.24, 2.45) is 0 Å². The van der Waals surface area contributed by atoms with E-state index < -0.39 is 11.6 Å². The van der Waals surface area contributed by atoms with E-state index in [1.54, 1.807) is 6.92 Å². The summed E-state index contributed by atoms with van der Waals surface area (Å²) in [7, 11) is 0. The van der Waals surface area contributed by atoms with Crippen LogP contribution in [0, 0.1) is 11.8 Å². The molecule has 0 heterocycles. The fraction of sp³-hybridized carbons (Fsp3) is 0.625. The molecule has 0 aliphatic rings. The third-order valence-electron chi connectivity index (χ3n) is 1.32. The molecule has 3 N–H and O–H groups in total. The first-order valence-electron chi connectivity index (χ1n) is 3.57. The molecule has 0 fully saturated rings. The molecule has 0 saturated carbocycles. The highest BCUT2D eigenvalue weighted by molar-refractivity contribution is 5.76. The van der Waals surface area contributed by atoms with Gasteiger partial charge in [0.15, 0.2) is 5.60 Å². The van der Waals surface area contributed by atoms with Gasteiger partial charge >= 0.3 is 5.97 Å². The zero-order valence-electron chi connectivity index (χ0n) is 7.22.